The van der Waals surface area contributed by atoms with Crippen LogP contribution in [0.25, 0.3) is 0 Å². The SMILES string of the molecule is CCCN(Cc1ccc(F)cc1)C(=O)C1(CN)CCOCC1.Cl. The zero-order chi connectivity index (χ0) is 16.0. The van der Waals surface area contributed by atoms with Crippen molar-refractivity contribution in [2.24, 2.45) is 11.1 Å². The van der Waals surface area contributed by atoms with Crippen LogP contribution < -0.4 is 5.73 Å². The Kier molecular flexibility index (Phi) is 7.95. The quantitative estimate of drug-likeness (QED) is 0.863. The van der Waals surface area contributed by atoms with Gasteiger partial charge in [0, 0.05) is 32.8 Å². The minimum atomic E-state index is -0.506. The van der Waals surface area contributed by atoms with E-state index in [-0.39, 0.29) is 24.1 Å². The number of carbonyl (C=O) groups excluding carboxylic acids is 1. The van der Waals surface area contributed by atoms with Crippen molar-refractivity contribution in [2.75, 3.05) is 26.3 Å². The van der Waals surface area contributed by atoms with Gasteiger partial charge in [-0.2, -0.15) is 0 Å². The largest absolute Gasteiger partial charge is 0.381 e. The Balaban J connectivity index is 0.00000264. The highest BCUT2D eigenvalue weighted by Crippen LogP contribution is 2.32. The van der Waals surface area contributed by atoms with E-state index in [0.29, 0.717) is 45.7 Å². The van der Waals surface area contributed by atoms with E-state index >= 15 is 0 Å². The molecular weight excluding hydrogens is 319 g/mol. The van der Waals surface area contributed by atoms with Crippen LogP contribution in [0, 0.1) is 11.2 Å². The van der Waals surface area contributed by atoms with E-state index in [9.17, 15) is 9.18 Å². The van der Waals surface area contributed by atoms with E-state index in [1.165, 1.54) is 12.1 Å². The van der Waals surface area contributed by atoms with Crippen molar-refractivity contribution in [3.8, 4) is 0 Å². The van der Waals surface area contributed by atoms with Crippen molar-refractivity contribution in [3.63, 3.8) is 0 Å². The van der Waals surface area contributed by atoms with Gasteiger partial charge in [0.05, 0.1) is 5.41 Å². The molecule has 0 bridgehead atoms. The van der Waals surface area contributed by atoms with E-state index in [4.69, 9.17) is 10.5 Å². The first-order valence-electron chi connectivity index (χ1n) is 7.93. The number of ether oxygens (including phenoxy) is 1. The number of nitrogens with zero attached hydrogens (tertiary/aromatic N) is 1. The second-order valence-corrected chi connectivity index (χ2v) is 5.95. The first-order chi connectivity index (χ1) is 10.6. The minimum Gasteiger partial charge on any atom is -0.381 e. The van der Waals surface area contributed by atoms with Crippen LogP contribution >= 0.6 is 12.4 Å². The second kappa shape index (κ2) is 9.21. The molecule has 6 heteroatoms. The summed E-state index contributed by atoms with van der Waals surface area (Å²) in [5.41, 5.74) is 6.36. The van der Waals surface area contributed by atoms with Crippen LogP contribution in [0.2, 0.25) is 0 Å². The summed E-state index contributed by atoms with van der Waals surface area (Å²) in [6.45, 7) is 4.73. The number of halogens is 2. The molecule has 0 aliphatic carbocycles. The van der Waals surface area contributed by atoms with Gasteiger partial charge in [-0.25, -0.2) is 4.39 Å². The number of nitrogens with two attached hydrogens (primary N) is 1. The molecule has 1 amide bonds. The number of benzene rings is 1. The van der Waals surface area contributed by atoms with Crippen LogP contribution in [0.5, 0.6) is 0 Å². The molecule has 1 saturated heterocycles. The molecule has 0 radical (unpaired) electrons. The molecule has 23 heavy (non-hydrogen) atoms. The van der Waals surface area contributed by atoms with E-state index in [1.54, 1.807) is 12.1 Å². The number of hydrogen-bond acceptors (Lipinski definition) is 3. The zero-order valence-corrected chi connectivity index (χ0v) is 14.4. The maximum atomic E-state index is 13.0. The van der Waals surface area contributed by atoms with Crippen molar-refractivity contribution >= 4 is 18.3 Å². The molecule has 1 aromatic rings. The van der Waals surface area contributed by atoms with E-state index in [2.05, 4.69) is 0 Å². The maximum absolute atomic E-state index is 13.0. The molecule has 1 aliphatic rings. The van der Waals surface area contributed by atoms with Crippen molar-refractivity contribution in [1.29, 1.82) is 0 Å². The highest BCUT2D eigenvalue weighted by atomic mass is 35.5. The third-order valence-electron chi connectivity index (χ3n) is 4.36. The van der Waals surface area contributed by atoms with E-state index < -0.39 is 5.41 Å². The van der Waals surface area contributed by atoms with Crippen LogP contribution in [0.15, 0.2) is 24.3 Å². The van der Waals surface area contributed by atoms with Crippen LogP contribution in [0.1, 0.15) is 31.7 Å². The van der Waals surface area contributed by atoms with Crippen molar-refractivity contribution in [1.82, 2.24) is 4.90 Å². The number of carbonyl (C=O) groups is 1. The first-order valence-corrected chi connectivity index (χ1v) is 7.93. The van der Waals surface area contributed by atoms with E-state index in [0.717, 1.165) is 12.0 Å². The number of amides is 1. The first kappa shape index (κ1) is 19.9. The predicted octanol–water partition coefficient (Wildman–Crippen LogP) is 2.74. The topological polar surface area (TPSA) is 55.6 Å². The molecule has 1 fully saturated rings. The summed E-state index contributed by atoms with van der Waals surface area (Å²) in [4.78, 5) is 14.9. The monoisotopic (exact) mass is 344 g/mol. The third kappa shape index (κ3) is 4.90. The summed E-state index contributed by atoms with van der Waals surface area (Å²) in [5, 5.41) is 0. The predicted molar refractivity (Wildman–Crippen MR) is 90.9 cm³/mol. The highest BCUT2D eigenvalue weighted by Gasteiger charge is 2.41. The lowest BCUT2D eigenvalue weighted by molar-refractivity contribution is -0.148. The standard InChI is InChI=1S/C17H25FN2O2.ClH/c1-2-9-20(12-14-3-5-15(18)6-4-14)16(21)17(13-19)7-10-22-11-8-17;/h3-6H,2,7-13,19H2,1H3;1H. The Hall–Kier alpha value is -1.17. The van der Waals surface area contributed by atoms with Gasteiger partial charge in [-0.15, -0.1) is 12.4 Å². The normalized spacial score (nSPS) is 16.5. The number of hydrogen-bond donors (Lipinski definition) is 1. The molecule has 0 spiro atoms. The lowest BCUT2D eigenvalue weighted by Gasteiger charge is -2.39. The third-order valence-corrected chi connectivity index (χ3v) is 4.36. The fraction of sp³-hybridized carbons (Fsp3) is 0.588. The second-order valence-electron chi connectivity index (χ2n) is 5.95. The lowest BCUT2D eigenvalue weighted by atomic mass is 9.78. The number of rotatable bonds is 6. The summed E-state index contributed by atoms with van der Waals surface area (Å²) in [7, 11) is 0. The minimum absolute atomic E-state index is 0. The van der Waals surface area contributed by atoms with E-state index in [1.807, 2.05) is 11.8 Å². The fourth-order valence-corrected chi connectivity index (χ4v) is 2.94. The Labute approximate surface area is 143 Å². The molecular formula is C17H26ClFN2O2. The zero-order valence-electron chi connectivity index (χ0n) is 13.6. The maximum Gasteiger partial charge on any atom is 0.230 e. The van der Waals surface area contributed by atoms with Crippen molar-refractivity contribution < 1.29 is 13.9 Å². The fourth-order valence-electron chi connectivity index (χ4n) is 2.94. The molecule has 0 saturated carbocycles. The van der Waals surface area contributed by atoms with Gasteiger partial charge in [0.2, 0.25) is 5.91 Å². The van der Waals surface area contributed by atoms with Gasteiger partial charge in [0.25, 0.3) is 0 Å². The average molecular weight is 345 g/mol. The summed E-state index contributed by atoms with van der Waals surface area (Å²) in [6.07, 6.45) is 2.22. The highest BCUT2D eigenvalue weighted by molar-refractivity contribution is 5.85. The Morgan fingerprint density at radius 2 is 1.91 bits per heavy atom. The van der Waals surface area contributed by atoms with Crippen LogP contribution in [0.4, 0.5) is 4.39 Å². The molecule has 2 N–H and O–H groups in total. The Bertz CT molecular complexity index is 490. The lowest BCUT2D eigenvalue weighted by Crippen LogP contribution is -2.50. The molecule has 2 rings (SSSR count). The van der Waals surface area contributed by atoms with Crippen LogP contribution in [-0.4, -0.2) is 37.1 Å². The Morgan fingerprint density at radius 3 is 2.43 bits per heavy atom. The molecule has 130 valence electrons. The van der Waals surface area contributed by atoms with Crippen molar-refractivity contribution in [2.45, 2.75) is 32.7 Å². The van der Waals surface area contributed by atoms with Gasteiger partial charge in [0.1, 0.15) is 5.82 Å². The summed E-state index contributed by atoms with van der Waals surface area (Å²) in [6, 6.07) is 6.31. The molecule has 1 aromatic carbocycles. The molecule has 0 atom stereocenters. The van der Waals surface area contributed by atoms with Gasteiger partial charge in [-0.3, -0.25) is 4.79 Å². The Morgan fingerprint density at radius 1 is 1.30 bits per heavy atom. The molecule has 1 heterocycles. The molecule has 1 aliphatic heterocycles. The molecule has 0 unspecified atom stereocenters. The van der Waals surface area contributed by atoms with Gasteiger partial charge in [0.15, 0.2) is 0 Å². The average Bonchev–Trinajstić information content (AvgIpc) is 2.56. The van der Waals surface area contributed by atoms with Crippen LogP contribution in [-0.2, 0) is 16.1 Å². The van der Waals surface area contributed by atoms with Gasteiger partial charge in [-0.1, -0.05) is 19.1 Å². The molecule has 4 nitrogen and oxygen atoms in total. The van der Waals surface area contributed by atoms with Gasteiger partial charge >= 0.3 is 0 Å². The van der Waals surface area contributed by atoms with Gasteiger partial charge in [-0.05, 0) is 37.0 Å². The van der Waals surface area contributed by atoms with Gasteiger partial charge < -0.3 is 15.4 Å². The van der Waals surface area contributed by atoms with Crippen molar-refractivity contribution in [3.05, 3.63) is 35.6 Å². The molecule has 0 aromatic heterocycles. The van der Waals surface area contributed by atoms with Crippen LogP contribution in [0.3, 0.4) is 0 Å². The summed E-state index contributed by atoms with van der Waals surface area (Å²) in [5.74, 6) is -0.163. The summed E-state index contributed by atoms with van der Waals surface area (Å²) < 4.78 is 18.4. The smallest absolute Gasteiger partial charge is 0.230 e. The summed E-state index contributed by atoms with van der Waals surface area (Å²) >= 11 is 0.